The third-order valence-corrected chi connectivity index (χ3v) is 6.40. The second kappa shape index (κ2) is 11.0. The molecule has 2 heterocycles. The summed E-state index contributed by atoms with van der Waals surface area (Å²) in [7, 11) is 0. The van der Waals surface area contributed by atoms with E-state index >= 15 is 0 Å². The van der Waals surface area contributed by atoms with Crippen molar-refractivity contribution in [2.24, 2.45) is 0 Å². The highest BCUT2D eigenvalue weighted by atomic mass is 32.2. The highest BCUT2D eigenvalue weighted by Crippen LogP contribution is 2.32. The van der Waals surface area contributed by atoms with E-state index in [1.807, 2.05) is 44.2 Å². The Balaban J connectivity index is 1.63. The molecule has 0 spiro atoms. The van der Waals surface area contributed by atoms with Crippen molar-refractivity contribution in [3.63, 3.8) is 0 Å². The minimum atomic E-state index is -4.48. The maximum Gasteiger partial charge on any atom is 0.416 e. The number of nitrogens with zero attached hydrogens (tertiary/aromatic N) is 5. The summed E-state index contributed by atoms with van der Waals surface area (Å²) in [5, 5.41) is 8.90. The molecule has 2 aromatic heterocycles. The van der Waals surface area contributed by atoms with E-state index in [2.05, 4.69) is 15.2 Å². The molecule has 4 aromatic rings. The highest BCUT2D eigenvalue weighted by Gasteiger charge is 2.31. The number of oxazole rings is 1. The fourth-order valence-corrected chi connectivity index (χ4v) is 4.47. The minimum Gasteiger partial charge on any atom is -0.447 e. The Hall–Kier alpha value is -3.60. The first kappa shape index (κ1) is 25.5. The summed E-state index contributed by atoms with van der Waals surface area (Å²) in [5.41, 5.74) is 0.691. The summed E-state index contributed by atoms with van der Waals surface area (Å²) in [6, 6.07) is 14.5. The van der Waals surface area contributed by atoms with Crippen LogP contribution in [0.1, 0.15) is 47.2 Å². The fourth-order valence-electron chi connectivity index (χ4n) is 3.64. The molecule has 36 heavy (non-hydrogen) atoms. The average molecular weight is 516 g/mol. The Morgan fingerprint density at radius 1 is 1.06 bits per heavy atom. The van der Waals surface area contributed by atoms with Gasteiger partial charge in [0.25, 0.3) is 5.91 Å². The van der Waals surface area contributed by atoms with Crippen LogP contribution >= 0.6 is 11.8 Å². The lowest BCUT2D eigenvalue weighted by Gasteiger charge is -2.16. The number of amides is 1. The third-order valence-electron chi connectivity index (χ3n) is 5.48. The maximum atomic E-state index is 13.4. The summed E-state index contributed by atoms with van der Waals surface area (Å²) < 4.78 is 47.3. The van der Waals surface area contributed by atoms with Crippen molar-refractivity contribution in [2.45, 2.75) is 37.4 Å². The van der Waals surface area contributed by atoms with E-state index in [0.29, 0.717) is 42.1 Å². The third kappa shape index (κ3) is 5.78. The molecular weight excluding hydrogens is 491 g/mol. The van der Waals surface area contributed by atoms with Gasteiger partial charge in [0.05, 0.1) is 17.0 Å². The number of hydrogen-bond acceptors (Lipinski definition) is 6. The second-order valence-corrected chi connectivity index (χ2v) is 8.78. The largest absolute Gasteiger partial charge is 0.447 e. The lowest BCUT2D eigenvalue weighted by molar-refractivity contribution is -0.137. The molecule has 0 aliphatic rings. The SMILES string of the molecule is CCN(CC)C(=O)c1coc(CSc2nnc(Cc3ccccc3)n2-c2cccc(C(F)(F)F)c2)n1. The number of hydrogen-bond donors (Lipinski definition) is 0. The van der Waals surface area contributed by atoms with E-state index in [-0.39, 0.29) is 17.4 Å². The van der Waals surface area contributed by atoms with Crippen molar-refractivity contribution in [3.8, 4) is 5.69 Å². The van der Waals surface area contributed by atoms with E-state index < -0.39 is 11.7 Å². The molecule has 0 aliphatic carbocycles. The Morgan fingerprint density at radius 3 is 2.50 bits per heavy atom. The zero-order chi connectivity index (χ0) is 25.7. The Labute approximate surface area is 210 Å². The summed E-state index contributed by atoms with van der Waals surface area (Å²) in [5.74, 6) is 0.789. The molecule has 7 nitrogen and oxygen atoms in total. The van der Waals surface area contributed by atoms with Crippen LogP contribution in [0, 0.1) is 0 Å². The van der Waals surface area contributed by atoms with Crippen molar-refractivity contribution in [2.75, 3.05) is 13.1 Å². The first-order chi connectivity index (χ1) is 17.3. The van der Waals surface area contributed by atoms with Crippen LogP contribution < -0.4 is 0 Å². The van der Waals surface area contributed by atoms with Gasteiger partial charge in [-0.2, -0.15) is 13.2 Å². The van der Waals surface area contributed by atoms with E-state index in [0.717, 1.165) is 17.7 Å². The van der Waals surface area contributed by atoms with Gasteiger partial charge in [0.1, 0.15) is 12.1 Å². The predicted molar refractivity (Wildman–Crippen MR) is 129 cm³/mol. The molecule has 0 atom stereocenters. The first-order valence-electron chi connectivity index (χ1n) is 11.3. The van der Waals surface area contributed by atoms with Crippen LogP contribution in [0.5, 0.6) is 0 Å². The van der Waals surface area contributed by atoms with Crippen LogP contribution in [0.2, 0.25) is 0 Å². The van der Waals surface area contributed by atoms with Gasteiger partial charge in [-0.05, 0) is 37.6 Å². The predicted octanol–water partition coefficient (Wildman–Crippen LogP) is 5.64. The number of thioether (sulfide) groups is 1. The molecule has 0 saturated heterocycles. The molecule has 0 aliphatic heterocycles. The summed E-state index contributed by atoms with van der Waals surface area (Å²) in [6.45, 7) is 4.87. The monoisotopic (exact) mass is 515 g/mol. The fraction of sp³-hybridized carbons (Fsp3) is 0.280. The standard InChI is InChI=1S/C25H24F3N5O2S/c1-3-32(4-2)23(34)20-15-35-22(29-20)16-36-24-31-30-21(13-17-9-6-5-7-10-17)33(24)19-12-8-11-18(14-19)25(26,27)28/h5-12,14-15H,3-4,13,16H2,1-2H3. The number of rotatable bonds is 9. The molecular formula is C25H24F3N5O2S. The van der Waals surface area contributed by atoms with Gasteiger partial charge >= 0.3 is 6.18 Å². The molecule has 11 heteroatoms. The molecule has 1 amide bonds. The van der Waals surface area contributed by atoms with Gasteiger partial charge < -0.3 is 9.32 Å². The Bertz CT molecular complexity index is 1320. The number of alkyl halides is 3. The normalized spacial score (nSPS) is 11.6. The van der Waals surface area contributed by atoms with Crippen LogP contribution in [0.4, 0.5) is 13.2 Å². The summed E-state index contributed by atoms with van der Waals surface area (Å²) in [6.07, 6.45) is -2.79. The van der Waals surface area contributed by atoms with E-state index in [1.54, 1.807) is 15.5 Å². The van der Waals surface area contributed by atoms with Gasteiger partial charge in [0.15, 0.2) is 10.9 Å². The van der Waals surface area contributed by atoms with Gasteiger partial charge in [-0.25, -0.2) is 4.98 Å². The smallest absolute Gasteiger partial charge is 0.416 e. The van der Waals surface area contributed by atoms with E-state index in [1.165, 1.54) is 24.1 Å². The molecule has 0 N–H and O–H groups in total. The van der Waals surface area contributed by atoms with Gasteiger partial charge in [-0.15, -0.1) is 10.2 Å². The Morgan fingerprint density at radius 2 is 1.81 bits per heavy atom. The van der Waals surface area contributed by atoms with Crippen LogP contribution in [0.3, 0.4) is 0 Å². The van der Waals surface area contributed by atoms with Gasteiger partial charge in [-0.1, -0.05) is 48.2 Å². The molecule has 4 rings (SSSR count). The highest BCUT2D eigenvalue weighted by molar-refractivity contribution is 7.98. The molecule has 0 radical (unpaired) electrons. The topological polar surface area (TPSA) is 77.0 Å². The lowest BCUT2D eigenvalue weighted by atomic mass is 10.1. The van der Waals surface area contributed by atoms with Crippen LogP contribution in [0.15, 0.2) is 70.4 Å². The maximum absolute atomic E-state index is 13.4. The molecule has 2 aromatic carbocycles. The van der Waals surface area contributed by atoms with Crippen molar-refractivity contribution >= 4 is 17.7 Å². The van der Waals surface area contributed by atoms with Gasteiger partial charge in [-0.3, -0.25) is 9.36 Å². The van der Waals surface area contributed by atoms with Crippen LogP contribution in [-0.4, -0.2) is 43.6 Å². The summed E-state index contributed by atoms with van der Waals surface area (Å²) in [4.78, 5) is 18.4. The molecule has 0 saturated carbocycles. The number of carbonyl (C=O) groups is 1. The van der Waals surface area contributed by atoms with Crippen molar-refractivity contribution in [3.05, 3.63) is 89.4 Å². The van der Waals surface area contributed by atoms with Crippen LogP contribution in [-0.2, 0) is 18.3 Å². The zero-order valence-corrected chi connectivity index (χ0v) is 20.5. The first-order valence-corrected chi connectivity index (χ1v) is 12.3. The van der Waals surface area contributed by atoms with Crippen LogP contribution in [0.25, 0.3) is 5.69 Å². The number of aromatic nitrogens is 4. The molecule has 0 fully saturated rings. The number of benzene rings is 2. The minimum absolute atomic E-state index is 0.207. The Kier molecular flexibility index (Phi) is 7.78. The number of carbonyl (C=O) groups excluding carboxylic acids is 1. The van der Waals surface area contributed by atoms with Gasteiger partial charge in [0, 0.05) is 19.5 Å². The lowest BCUT2D eigenvalue weighted by Crippen LogP contribution is -2.30. The molecule has 0 unspecified atom stereocenters. The molecule has 0 bridgehead atoms. The number of halogens is 3. The average Bonchev–Trinajstić information content (AvgIpc) is 3.51. The quantitative estimate of drug-likeness (QED) is 0.269. The van der Waals surface area contributed by atoms with Crippen molar-refractivity contribution in [1.82, 2.24) is 24.6 Å². The second-order valence-electron chi connectivity index (χ2n) is 7.84. The van der Waals surface area contributed by atoms with Crippen molar-refractivity contribution in [1.29, 1.82) is 0 Å². The van der Waals surface area contributed by atoms with E-state index in [4.69, 9.17) is 4.42 Å². The molecule has 188 valence electrons. The summed E-state index contributed by atoms with van der Waals surface area (Å²) >= 11 is 1.21. The van der Waals surface area contributed by atoms with Gasteiger partial charge in [0.2, 0.25) is 5.89 Å². The van der Waals surface area contributed by atoms with Crippen molar-refractivity contribution < 1.29 is 22.4 Å². The zero-order valence-electron chi connectivity index (χ0n) is 19.7. The van der Waals surface area contributed by atoms with E-state index in [9.17, 15) is 18.0 Å².